The standard InChI is InChI=1S/C28H29N3O4/c1-19-16-22(20(2)31(19)24-6-4-3-5-7-24)8-11-27(32)30-14-12-21(13-15-30)28(33)29-23-9-10-25-26(17-23)35-18-34-25/h3-11,16-17,21H,12-15,18H2,1-2H3,(H,29,33)/b11-8+. The fourth-order valence-electron chi connectivity index (χ4n) is 4.78. The topological polar surface area (TPSA) is 72.8 Å². The van der Waals surface area contributed by atoms with E-state index in [9.17, 15) is 9.59 Å². The third-order valence-corrected chi connectivity index (χ3v) is 6.71. The van der Waals surface area contributed by atoms with E-state index < -0.39 is 0 Å². The number of carbonyl (C=O) groups excluding carboxylic acids is 2. The number of piperidine rings is 1. The first kappa shape index (κ1) is 22.8. The van der Waals surface area contributed by atoms with Gasteiger partial charge in [-0.15, -0.1) is 0 Å². The van der Waals surface area contributed by atoms with Crippen molar-refractivity contribution in [2.75, 3.05) is 25.2 Å². The van der Waals surface area contributed by atoms with Crippen molar-refractivity contribution < 1.29 is 19.1 Å². The molecule has 0 aliphatic carbocycles. The van der Waals surface area contributed by atoms with Crippen LogP contribution in [0.1, 0.15) is 29.8 Å². The van der Waals surface area contributed by atoms with Crippen molar-refractivity contribution in [2.45, 2.75) is 26.7 Å². The molecule has 1 N–H and O–H groups in total. The molecule has 0 atom stereocenters. The summed E-state index contributed by atoms with van der Waals surface area (Å²) in [5.41, 5.74) is 5.03. The van der Waals surface area contributed by atoms with Gasteiger partial charge in [-0.2, -0.15) is 0 Å². The van der Waals surface area contributed by atoms with Crippen molar-refractivity contribution >= 4 is 23.6 Å². The van der Waals surface area contributed by atoms with E-state index in [2.05, 4.69) is 41.9 Å². The van der Waals surface area contributed by atoms with Gasteiger partial charge in [-0.3, -0.25) is 9.59 Å². The minimum absolute atomic E-state index is 0.0239. The fourth-order valence-corrected chi connectivity index (χ4v) is 4.78. The zero-order valence-corrected chi connectivity index (χ0v) is 20.0. The molecule has 1 saturated heterocycles. The average Bonchev–Trinajstić information content (AvgIpc) is 3.46. The lowest BCUT2D eigenvalue weighted by Crippen LogP contribution is -2.40. The highest BCUT2D eigenvalue weighted by Crippen LogP contribution is 2.34. The van der Waals surface area contributed by atoms with Gasteiger partial charge in [0.1, 0.15) is 0 Å². The van der Waals surface area contributed by atoms with E-state index in [1.54, 1.807) is 18.2 Å². The van der Waals surface area contributed by atoms with Gasteiger partial charge in [0.15, 0.2) is 11.5 Å². The normalized spacial score (nSPS) is 15.5. The number of hydrogen-bond acceptors (Lipinski definition) is 4. The second-order valence-corrected chi connectivity index (χ2v) is 8.99. The molecule has 2 aliphatic rings. The number of para-hydroxylation sites is 1. The maximum absolute atomic E-state index is 12.8. The first-order valence-electron chi connectivity index (χ1n) is 11.9. The van der Waals surface area contributed by atoms with Crippen LogP contribution in [0.15, 0.2) is 60.7 Å². The van der Waals surface area contributed by atoms with E-state index >= 15 is 0 Å². The van der Waals surface area contributed by atoms with Crippen LogP contribution in [-0.2, 0) is 9.59 Å². The second kappa shape index (κ2) is 9.70. The smallest absolute Gasteiger partial charge is 0.246 e. The first-order chi connectivity index (χ1) is 17.0. The van der Waals surface area contributed by atoms with Crippen LogP contribution in [0, 0.1) is 19.8 Å². The lowest BCUT2D eigenvalue weighted by molar-refractivity contribution is -0.130. The zero-order valence-electron chi connectivity index (χ0n) is 20.0. The number of fused-ring (bicyclic) bond motifs is 1. The molecule has 1 fully saturated rings. The zero-order chi connectivity index (χ0) is 24.4. The highest BCUT2D eigenvalue weighted by Gasteiger charge is 2.27. The summed E-state index contributed by atoms with van der Waals surface area (Å²) in [5.74, 6) is 1.15. The molecule has 0 unspecified atom stereocenters. The third kappa shape index (κ3) is 4.80. The van der Waals surface area contributed by atoms with Gasteiger partial charge in [-0.25, -0.2) is 0 Å². The number of likely N-dealkylation sites (tertiary alicyclic amines) is 1. The summed E-state index contributed by atoms with van der Waals surface area (Å²) >= 11 is 0. The predicted octanol–water partition coefficient (Wildman–Crippen LogP) is 4.71. The molecule has 7 nitrogen and oxygen atoms in total. The van der Waals surface area contributed by atoms with Gasteiger partial charge < -0.3 is 24.3 Å². The quantitative estimate of drug-likeness (QED) is 0.547. The molecule has 0 radical (unpaired) electrons. The van der Waals surface area contributed by atoms with Crippen molar-refractivity contribution in [1.29, 1.82) is 0 Å². The molecule has 2 aromatic carbocycles. The van der Waals surface area contributed by atoms with Crippen LogP contribution in [0.3, 0.4) is 0 Å². The molecule has 5 rings (SSSR count). The van der Waals surface area contributed by atoms with Gasteiger partial charge in [-0.1, -0.05) is 18.2 Å². The molecule has 2 amide bonds. The van der Waals surface area contributed by atoms with Crippen molar-refractivity contribution in [3.05, 3.63) is 77.6 Å². The lowest BCUT2D eigenvalue weighted by Gasteiger charge is -2.30. The van der Waals surface area contributed by atoms with E-state index in [-0.39, 0.29) is 24.5 Å². The monoisotopic (exact) mass is 471 g/mol. The van der Waals surface area contributed by atoms with Crippen molar-refractivity contribution in [1.82, 2.24) is 9.47 Å². The largest absolute Gasteiger partial charge is 0.454 e. The molecule has 1 aromatic heterocycles. The highest BCUT2D eigenvalue weighted by atomic mass is 16.7. The Hall–Kier alpha value is -4.00. The molecular formula is C28H29N3O4. The summed E-state index contributed by atoms with van der Waals surface area (Å²) in [7, 11) is 0. The number of hydrogen-bond donors (Lipinski definition) is 1. The summed E-state index contributed by atoms with van der Waals surface area (Å²) in [6.45, 7) is 5.45. The minimum Gasteiger partial charge on any atom is -0.454 e. The average molecular weight is 472 g/mol. The van der Waals surface area contributed by atoms with Crippen molar-refractivity contribution in [3.8, 4) is 17.2 Å². The number of amides is 2. The first-order valence-corrected chi connectivity index (χ1v) is 11.9. The minimum atomic E-state index is -0.127. The number of anilines is 1. The molecule has 0 spiro atoms. The number of nitrogens with zero attached hydrogens (tertiary/aromatic N) is 2. The van der Waals surface area contributed by atoms with Gasteiger partial charge in [0, 0.05) is 53.9 Å². The summed E-state index contributed by atoms with van der Waals surface area (Å²) in [4.78, 5) is 27.4. The van der Waals surface area contributed by atoms with Gasteiger partial charge in [0.2, 0.25) is 18.6 Å². The molecule has 3 aromatic rings. The maximum Gasteiger partial charge on any atom is 0.246 e. The van der Waals surface area contributed by atoms with E-state index in [4.69, 9.17) is 9.47 Å². The maximum atomic E-state index is 12.8. The SMILES string of the molecule is Cc1cc(/C=C/C(=O)N2CCC(C(=O)Nc3ccc4c(c3)OCO4)CC2)c(C)n1-c1ccccc1. The number of aromatic nitrogens is 1. The van der Waals surface area contributed by atoms with Crippen LogP contribution in [0.5, 0.6) is 11.5 Å². The third-order valence-electron chi connectivity index (χ3n) is 6.71. The molecule has 180 valence electrons. The van der Waals surface area contributed by atoms with Crippen molar-refractivity contribution in [2.24, 2.45) is 5.92 Å². The molecule has 3 heterocycles. The van der Waals surface area contributed by atoms with Gasteiger partial charge in [-0.05, 0) is 68.7 Å². The summed E-state index contributed by atoms with van der Waals surface area (Å²) in [6, 6.07) is 17.7. The van der Waals surface area contributed by atoms with E-state index in [0.717, 1.165) is 22.6 Å². The molecule has 0 saturated carbocycles. The summed E-state index contributed by atoms with van der Waals surface area (Å²) in [5, 5.41) is 2.97. The second-order valence-electron chi connectivity index (χ2n) is 8.99. The van der Waals surface area contributed by atoms with Crippen LogP contribution in [0.25, 0.3) is 11.8 Å². The summed E-state index contributed by atoms with van der Waals surface area (Å²) in [6.07, 6.45) is 4.81. The van der Waals surface area contributed by atoms with Crippen LogP contribution >= 0.6 is 0 Å². The van der Waals surface area contributed by atoms with Gasteiger partial charge in [0.05, 0.1) is 0 Å². The van der Waals surface area contributed by atoms with E-state index in [0.29, 0.717) is 43.1 Å². The fraction of sp³-hybridized carbons (Fsp3) is 0.286. The molecule has 0 bridgehead atoms. The highest BCUT2D eigenvalue weighted by molar-refractivity contribution is 5.94. The molecule has 7 heteroatoms. The summed E-state index contributed by atoms with van der Waals surface area (Å²) < 4.78 is 12.9. The number of benzene rings is 2. The van der Waals surface area contributed by atoms with Gasteiger partial charge in [0.25, 0.3) is 0 Å². The Bertz CT molecular complexity index is 1270. The number of nitrogens with one attached hydrogen (secondary N) is 1. The molecule has 2 aliphatic heterocycles. The van der Waals surface area contributed by atoms with Gasteiger partial charge >= 0.3 is 0 Å². The molecule has 35 heavy (non-hydrogen) atoms. The van der Waals surface area contributed by atoms with E-state index in [1.165, 1.54) is 0 Å². The Morgan fingerprint density at radius 3 is 2.49 bits per heavy atom. The number of ether oxygens (including phenoxy) is 2. The number of rotatable bonds is 5. The Kier molecular flexibility index (Phi) is 6.31. The van der Waals surface area contributed by atoms with Crippen LogP contribution in [0.4, 0.5) is 5.69 Å². The van der Waals surface area contributed by atoms with Crippen LogP contribution < -0.4 is 14.8 Å². The molecular weight excluding hydrogens is 442 g/mol. The van der Waals surface area contributed by atoms with Crippen LogP contribution in [-0.4, -0.2) is 41.2 Å². The van der Waals surface area contributed by atoms with E-state index in [1.807, 2.05) is 35.2 Å². The number of carbonyl (C=O) groups is 2. The Balaban J connectivity index is 1.16. The van der Waals surface area contributed by atoms with Crippen LogP contribution in [0.2, 0.25) is 0 Å². The number of aryl methyl sites for hydroxylation is 1. The van der Waals surface area contributed by atoms with Crippen molar-refractivity contribution in [3.63, 3.8) is 0 Å². The lowest BCUT2D eigenvalue weighted by atomic mass is 9.95. The Morgan fingerprint density at radius 2 is 1.71 bits per heavy atom. The Labute approximate surface area is 205 Å². The predicted molar refractivity (Wildman–Crippen MR) is 135 cm³/mol. The Morgan fingerprint density at radius 1 is 0.971 bits per heavy atom.